The van der Waals surface area contributed by atoms with Crippen LogP contribution in [0.4, 0.5) is 0 Å². The molecule has 0 heterocycles. The van der Waals surface area contributed by atoms with Gasteiger partial charge in [-0.1, -0.05) is 19.1 Å². The van der Waals surface area contributed by atoms with Gasteiger partial charge in [-0.15, -0.1) is 13.2 Å². The van der Waals surface area contributed by atoms with Gasteiger partial charge in [-0.2, -0.15) is 0 Å². The summed E-state index contributed by atoms with van der Waals surface area (Å²) in [5, 5.41) is 19.8. The van der Waals surface area contributed by atoms with Gasteiger partial charge in [-0.25, -0.2) is 0 Å². The molecule has 74 valence electrons. The van der Waals surface area contributed by atoms with Crippen LogP contribution in [0, 0.1) is 11.8 Å². The third-order valence-corrected chi connectivity index (χ3v) is 3.27. The summed E-state index contributed by atoms with van der Waals surface area (Å²) in [4.78, 5) is 0. The smallest absolute Gasteiger partial charge is 0.0906 e. The van der Waals surface area contributed by atoms with E-state index in [4.69, 9.17) is 0 Å². The number of rotatable bonds is 3. The SMILES string of the molecule is C=C[C@@H](O)[C@@H]1CC[C@H](C)[C@@]1(O)C=C. The fourth-order valence-corrected chi connectivity index (χ4v) is 2.22. The lowest BCUT2D eigenvalue weighted by molar-refractivity contribution is -0.0239. The maximum Gasteiger partial charge on any atom is 0.0906 e. The Bertz CT molecular complexity index is 212. The quantitative estimate of drug-likeness (QED) is 0.649. The van der Waals surface area contributed by atoms with Gasteiger partial charge in [0.25, 0.3) is 0 Å². The van der Waals surface area contributed by atoms with Crippen molar-refractivity contribution in [3.63, 3.8) is 0 Å². The molecule has 0 unspecified atom stereocenters. The van der Waals surface area contributed by atoms with Crippen LogP contribution in [0.1, 0.15) is 19.8 Å². The van der Waals surface area contributed by atoms with Crippen LogP contribution in [0.15, 0.2) is 25.3 Å². The minimum absolute atomic E-state index is 0.141. The van der Waals surface area contributed by atoms with E-state index in [9.17, 15) is 10.2 Å². The monoisotopic (exact) mass is 182 g/mol. The van der Waals surface area contributed by atoms with Gasteiger partial charge in [-0.05, 0) is 18.8 Å². The summed E-state index contributed by atoms with van der Waals surface area (Å²) in [5.74, 6) is 0.0297. The van der Waals surface area contributed by atoms with Crippen LogP contribution in [0.25, 0.3) is 0 Å². The molecule has 0 saturated heterocycles. The van der Waals surface area contributed by atoms with Crippen molar-refractivity contribution in [2.45, 2.75) is 31.5 Å². The topological polar surface area (TPSA) is 40.5 Å². The summed E-state index contributed by atoms with van der Waals surface area (Å²) in [7, 11) is 0. The number of aliphatic hydroxyl groups is 2. The molecule has 1 aliphatic rings. The van der Waals surface area contributed by atoms with Gasteiger partial charge in [0.05, 0.1) is 11.7 Å². The van der Waals surface area contributed by atoms with Gasteiger partial charge in [0.1, 0.15) is 0 Å². The summed E-state index contributed by atoms with van der Waals surface area (Å²) in [6, 6.07) is 0. The highest BCUT2D eigenvalue weighted by molar-refractivity contribution is 5.11. The molecule has 2 N–H and O–H groups in total. The molecule has 0 aliphatic heterocycles. The van der Waals surface area contributed by atoms with E-state index in [-0.39, 0.29) is 11.8 Å². The Morgan fingerprint density at radius 3 is 2.54 bits per heavy atom. The fraction of sp³-hybridized carbons (Fsp3) is 0.636. The first-order valence-corrected chi connectivity index (χ1v) is 4.72. The zero-order chi connectivity index (χ0) is 10.1. The van der Waals surface area contributed by atoms with E-state index < -0.39 is 11.7 Å². The lowest BCUT2D eigenvalue weighted by Gasteiger charge is -2.32. The van der Waals surface area contributed by atoms with Gasteiger partial charge in [0, 0.05) is 5.92 Å². The van der Waals surface area contributed by atoms with E-state index in [1.54, 1.807) is 6.08 Å². The first kappa shape index (κ1) is 10.5. The second-order valence-electron chi connectivity index (χ2n) is 3.90. The van der Waals surface area contributed by atoms with E-state index in [1.807, 2.05) is 6.92 Å². The maximum atomic E-state index is 10.2. The van der Waals surface area contributed by atoms with Gasteiger partial charge >= 0.3 is 0 Å². The highest BCUT2D eigenvalue weighted by Gasteiger charge is 2.46. The molecule has 13 heavy (non-hydrogen) atoms. The summed E-state index contributed by atoms with van der Waals surface area (Å²) >= 11 is 0. The van der Waals surface area contributed by atoms with Crippen LogP contribution in [0.2, 0.25) is 0 Å². The van der Waals surface area contributed by atoms with Gasteiger partial charge in [0.2, 0.25) is 0 Å². The largest absolute Gasteiger partial charge is 0.389 e. The third-order valence-electron chi connectivity index (χ3n) is 3.27. The Hall–Kier alpha value is -0.600. The third kappa shape index (κ3) is 1.56. The minimum Gasteiger partial charge on any atom is -0.389 e. The highest BCUT2D eigenvalue weighted by Crippen LogP contribution is 2.43. The van der Waals surface area contributed by atoms with E-state index in [0.29, 0.717) is 0 Å². The molecule has 0 bridgehead atoms. The summed E-state index contributed by atoms with van der Waals surface area (Å²) in [5.41, 5.74) is -0.923. The average Bonchev–Trinajstić information content (AvgIpc) is 2.43. The molecular weight excluding hydrogens is 164 g/mol. The predicted octanol–water partition coefficient (Wildman–Crippen LogP) is 1.50. The summed E-state index contributed by atoms with van der Waals surface area (Å²) in [6.07, 6.45) is 4.17. The second-order valence-corrected chi connectivity index (χ2v) is 3.90. The molecular formula is C11H18O2. The Morgan fingerprint density at radius 2 is 2.08 bits per heavy atom. The molecule has 2 nitrogen and oxygen atoms in total. The minimum atomic E-state index is -0.923. The number of hydrogen-bond acceptors (Lipinski definition) is 2. The average molecular weight is 182 g/mol. The normalized spacial score (nSPS) is 41.5. The standard InChI is InChI=1S/C11H18O2/c1-4-10(12)9-7-6-8(3)11(9,13)5-2/h4-5,8-10,12-13H,1-2,6-7H2,3H3/t8-,9-,10+,11-/m0/s1. The van der Waals surface area contributed by atoms with Crippen LogP contribution in [-0.4, -0.2) is 21.9 Å². The molecule has 1 rings (SSSR count). The molecule has 0 aromatic rings. The predicted molar refractivity (Wildman–Crippen MR) is 53.2 cm³/mol. The molecule has 2 heteroatoms. The van der Waals surface area contributed by atoms with Gasteiger partial charge in [0.15, 0.2) is 0 Å². The zero-order valence-electron chi connectivity index (χ0n) is 8.11. The fourth-order valence-electron chi connectivity index (χ4n) is 2.22. The molecule has 1 saturated carbocycles. The van der Waals surface area contributed by atoms with Crippen molar-refractivity contribution >= 4 is 0 Å². The van der Waals surface area contributed by atoms with Crippen molar-refractivity contribution in [1.29, 1.82) is 0 Å². The molecule has 4 atom stereocenters. The van der Waals surface area contributed by atoms with Crippen molar-refractivity contribution in [1.82, 2.24) is 0 Å². The van der Waals surface area contributed by atoms with E-state index in [2.05, 4.69) is 13.2 Å². The molecule has 0 aromatic carbocycles. The Kier molecular flexibility index (Phi) is 2.94. The molecule has 0 radical (unpaired) electrons. The van der Waals surface area contributed by atoms with Crippen molar-refractivity contribution in [2.75, 3.05) is 0 Å². The second kappa shape index (κ2) is 3.64. The molecule has 1 aliphatic carbocycles. The summed E-state index contributed by atoms with van der Waals surface area (Å²) in [6.45, 7) is 9.15. The Labute approximate surface area is 79.6 Å². The lowest BCUT2D eigenvalue weighted by Crippen LogP contribution is -2.41. The van der Waals surface area contributed by atoms with Crippen molar-refractivity contribution in [2.24, 2.45) is 11.8 Å². The Balaban J connectivity index is 2.87. The van der Waals surface area contributed by atoms with Crippen LogP contribution < -0.4 is 0 Å². The van der Waals surface area contributed by atoms with Crippen LogP contribution in [0.3, 0.4) is 0 Å². The van der Waals surface area contributed by atoms with Crippen molar-refractivity contribution in [3.05, 3.63) is 25.3 Å². The highest BCUT2D eigenvalue weighted by atomic mass is 16.3. The lowest BCUT2D eigenvalue weighted by atomic mass is 9.82. The van der Waals surface area contributed by atoms with E-state index >= 15 is 0 Å². The van der Waals surface area contributed by atoms with Crippen molar-refractivity contribution < 1.29 is 10.2 Å². The zero-order valence-corrected chi connectivity index (χ0v) is 8.11. The van der Waals surface area contributed by atoms with E-state index in [1.165, 1.54) is 6.08 Å². The van der Waals surface area contributed by atoms with E-state index in [0.717, 1.165) is 12.8 Å². The Morgan fingerprint density at radius 1 is 1.46 bits per heavy atom. The molecule has 0 aromatic heterocycles. The van der Waals surface area contributed by atoms with Crippen LogP contribution in [-0.2, 0) is 0 Å². The molecule has 0 spiro atoms. The number of hydrogen-bond donors (Lipinski definition) is 2. The van der Waals surface area contributed by atoms with Crippen molar-refractivity contribution in [3.8, 4) is 0 Å². The van der Waals surface area contributed by atoms with Gasteiger partial charge in [-0.3, -0.25) is 0 Å². The molecule has 1 fully saturated rings. The maximum absolute atomic E-state index is 10.2. The van der Waals surface area contributed by atoms with Crippen LogP contribution in [0.5, 0.6) is 0 Å². The first-order chi connectivity index (χ1) is 6.06. The first-order valence-electron chi connectivity index (χ1n) is 4.72. The van der Waals surface area contributed by atoms with Gasteiger partial charge < -0.3 is 10.2 Å². The summed E-state index contributed by atoms with van der Waals surface area (Å²) < 4.78 is 0. The van der Waals surface area contributed by atoms with Crippen LogP contribution >= 0.6 is 0 Å². The molecule has 0 amide bonds. The number of aliphatic hydroxyl groups excluding tert-OH is 1.